The van der Waals surface area contributed by atoms with Gasteiger partial charge in [0.05, 0.1) is 23.2 Å². The molecule has 0 aliphatic carbocycles. The number of rotatable bonds is 3. The van der Waals surface area contributed by atoms with E-state index in [1.54, 1.807) is 47.1 Å². The summed E-state index contributed by atoms with van der Waals surface area (Å²) in [7, 11) is 1.54. The second kappa shape index (κ2) is 5.80. The molecule has 3 aromatic rings. The number of hydrogen-bond donors (Lipinski definition) is 0. The third-order valence-corrected chi connectivity index (χ3v) is 3.55. The molecule has 3 rings (SSSR count). The minimum absolute atomic E-state index is 0.496. The Labute approximate surface area is 137 Å². The van der Waals surface area contributed by atoms with Gasteiger partial charge >= 0.3 is 0 Å². The predicted octanol–water partition coefficient (Wildman–Crippen LogP) is 4.92. The molecule has 0 atom stereocenters. The lowest BCUT2D eigenvalue weighted by Crippen LogP contribution is -1.92. The van der Waals surface area contributed by atoms with Crippen molar-refractivity contribution in [3.63, 3.8) is 0 Å². The molecule has 2 heterocycles. The first-order valence-corrected chi connectivity index (χ1v) is 7.09. The molecule has 1 aromatic carbocycles. The molecular weight excluding hydrogens is 323 g/mol. The van der Waals surface area contributed by atoms with E-state index in [2.05, 4.69) is 6.07 Å². The summed E-state index contributed by atoms with van der Waals surface area (Å²) in [5.74, 6) is 1.54. The van der Waals surface area contributed by atoms with E-state index in [-0.39, 0.29) is 0 Å². The van der Waals surface area contributed by atoms with Crippen LogP contribution >= 0.6 is 23.2 Å². The van der Waals surface area contributed by atoms with Crippen LogP contribution in [-0.4, -0.2) is 11.5 Å². The molecule has 0 N–H and O–H groups in total. The summed E-state index contributed by atoms with van der Waals surface area (Å²) in [6.07, 6.45) is 3.40. The second-order valence-corrected chi connectivity index (χ2v) is 5.43. The lowest BCUT2D eigenvalue weighted by molar-refractivity contribution is 0.379. The van der Waals surface area contributed by atoms with Crippen LogP contribution in [0.3, 0.4) is 0 Å². The molecule has 0 spiro atoms. The molecule has 0 amide bonds. The summed E-state index contributed by atoms with van der Waals surface area (Å²) in [4.78, 5) is 0. The molecule has 0 aliphatic rings. The van der Waals surface area contributed by atoms with Crippen LogP contribution < -0.4 is 9.47 Å². The van der Waals surface area contributed by atoms with E-state index in [0.29, 0.717) is 32.9 Å². The van der Waals surface area contributed by atoms with Gasteiger partial charge in [-0.2, -0.15) is 5.26 Å². The third kappa shape index (κ3) is 2.69. The quantitative estimate of drug-likeness (QED) is 0.683. The molecule has 0 aliphatic heterocycles. The van der Waals surface area contributed by atoms with Crippen LogP contribution in [0.1, 0.15) is 5.56 Å². The van der Waals surface area contributed by atoms with Gasteiger partial charge in [-0.1, -0.05) is 23.2 Å². The topological polar surface area (TPSA) is 46.7 Å². The predicted molar refractivity (Wildman–Crippen MR) is 85.2 cm³/mol. The highest BCUT2D eigenvalue weighted by atomic mass is 35.5. The Morgan fingerprint density at radius 1 is 1.00 bits per heavy atom. The van der Waals surface area contributed by atoms with Crippen LogP contribution in [0.15, 0.2) is 42.7 Å². The van der Waals surface area contributed by atoms with Crippen molar-refractivity contribution in [3.05, 3.63) is 58.3 Å². The fraction of sp³-hybridized carbons (Fsp3) is 0.0625. The Kier molecular flexibility index (Phi) is 3.84. The molecule has 0 saturated heterocycles. The summed E-state index contributed by atoms with van der Waals surface area (Å²) >= 11 is 12.0. The van der Waals surface area contributed by atoms with Gasteiger partial charge < -0.3 is 13.9 Å². The Morgan fingerprint density at radius 3 is 2.50 bits per heavy atom. The fourth-order valence-electron chi connectivity index (χ4n) is 2.14. The number of aromatic nitrogens is 1. The molecule has 6 heteroatoms. The maximum atomic E-state index is 9.03. The van der Waals surface area contributed by atoms with Gasteiger partial charge in [-0.15, -0.1) is 0 Å². The highest BCUT2D eigenvalue weighted by Gasteiger charge is 2.12. The van der Waals surface area contributed by atoms with Gasteiger partial charge in [-0.3, -0.25) is 0 Å². The molecule has 0 saturated carbocycles. The zero-order chi connectivity index (χ0) is 15.7. The van der Waals surface area contributed by atoms with E-state index >= 15 is 0 Å². The van der Waals surface area contributed by atoms with Crippen molar-refractivity contribution < 1.29 is 9.47 Å². The maximum absolute atomic E-state index is 9.03. The monoisotopic (exact) mass is 332 g/mol. The van der Waals surface area contributed by atoms with Gasteiger partial charge in [0.25, 0.3) is 0 Å². The van der Waals surface area contributed by atoms with Gasteiger partial charge in [-0.25, -0.2) is 0 Å². The van der Waals surface area contributed by atoms with Crippen LogP contribution in [0.2, 0.25) is 10.0 Å². The lowest BCUT2D eigenvalue weighted by atomic mass is 10.3. The normalized spacial score (nSPS) is 10.5. The van der Waals surface area contributed by atoms with Gasteiger partial charge in [0.2, 0.25) is 0 Å². The second-order valence-electron chi connectivity index (χ2n) is 4.55. The molecule has 0 radical (unpaired) electrons. The average molecular weight is 333 g/mol. The number of hydrogen-bond acceptors (Lipinski definition) is 3. The van der Waals surface area contributed by atoms with E-state index in [4.69, 9.17) is 37.9 Å². The smallest absolute Gasteiger partial charge is 0.169 e. The van der Waals surface area contributed by atoms with Crippen LogP contribution in [0.4, 0.5) is 0 Å². The van der Waals surface area contributed by atoms with E-state index < -0.39 is 0 Å². The molecule has 110 valence electrons. The van der Waals surface area contributed by atoms with Crippen molar-refractivity contribution in [2.24, 2.45) is 0 Å². The number of nitriles is 1. The number of methoxy groups -OCH3 is 1. The Balaban J connectivity index is 2.11. The van der Waals surface area contributed by atoms with Crippen molar-refractivity contribution in [2.75, 3.05) is 7.11 Å². The average Bonchev–Trinajstić information content (AvgIpc) is 2.92. The Hall–Kier alpha value is -2.35. The minimum Gasteiger partial charge on any atom is -0.493 e. The van der Waals surface area contributed by atoms with E-state index in [9.17, 15) is 0 Å². The summed E-state index contributed by atoms with van der Waals surface area (Å²) in [6, 6.07) is 10.6. The van der Waals surface area contributed by atoms with E-state index in [1.165, 1.54) is 7.11 Å². The lowest BCUT2D eigenvalue weighted by Gasteiger charge is -2.12. The third-order valence-electron chi connectivity index (χ3n) is 3.11. The molecule has 0 bridgehead atoms. The molecule has 0 unspecified atom stereocenters. The number of fused-ring (bicyclic) bond motifs is 1. The molecular formula is C16H10Cl2N2O2. The van der Waals surface area contributed by atoms with Crippen LogP contribution in [0, 0.1) is 11.3 Å². The highest BCUT2D eigenvalue weighted by molar-refractivity contribution is 6.31. The first-order chi connectivity index (χ1) is 10.6. The van der Waals surface area contributed by atoms with E-state index in [1.807, 2.05) is 0 Å². The van der Waals surface area contributed by atoms with Gasteiger partial charge in [0.15, 0.2) is 17.2 Å². The zero-order valence-corrected chi connectivity index (χ0v) is 13.0. The summed E-state index contributed by atoms with van der Waals surface area (Å²) in [5.41, 5.74) is 1.26. The maximum Gasteiger partial charge on any atom is 0.169 e. The van der Waals surface area contributed by atoms with Crippen molar-refractivity contribution in [1.29, 1.82) is 5.26 Å². The molecule has 0 fully saturated rings. The fourth-order valence-corrected chi connectivity index (χ4v) is 2.51. The number of benzene rings is 1. The first kappa shape index (κ1) is 14.6. The van der Waals surface area contributed by atoms with Crippen molar-refractivity contribution in [1.82, 2.24) is 4.40 Å². The minimum atomic E-state index is 0.496. The van der Waals surface area contributed by atoms with Crippen LogP contribution in [0.25, 0.3) is 5.52 Å². The van der Waals surface area contributed by atoms with Crippen molar-refractivity contribution in [2.45, 2.75) is 0 Å². The molecule has 22 heavy (non-hydrogen) atoms. The number of nitrogens with zero attached hydrogens (tertiary/aromatic N) is 2. The van der Waals surface area contributed by atoms with Gasteiger partial charge in [-0.05, 0) is 18.2 Å². The largest absolute Gasteiger partial charge is 0.493 e. The Bertz CT molecular complexity index is 897. The highest BCUT2D eigenvalue weighted by Crippen LogP contribution is 2.36. The van der Waals surface area contributed by atoms with Crippen molar-refractivity contribution >= 4 is 28.7 Å². The summed E-state index contributed by atoms with van der Waals surface area (Å²) in [6.45, 7) is 0. The SMILES string of the molecule is COc1cc(Cl)ccc1Oc1cc(Cl)cn2cc(C#N)cc12. The van der Waals surface area contributed by atoms with Crippen LogP contribution in [-0.2, 0) is 0 Å². The van der Waals surface area contributed by atoms with Gasteiger partial charge in [0.1, 0.15) is 6.07 Å². The summed E-state index contributed by atoms with van der Waals surface area (Å²) in [5, 5.41) is 10.1. The molecule has 2 aromatic heterocycles. The zero-order valence-electron chi connectivity index (χ0n) is 11.5. The standard InChI is InChI=1S/C16H10Cl2N2O2/c1-21-16-5-11(17)2-3-14(16)22-15-6-12(18)9-20-8-10(7-19)4-13(15)20/h2-6,8-9H,1H3. The van der Waals surface area contributed by atoms with Gasteiger partial charge in [0, 0.05) is 29.5 Å². The number of pyridine rings is 1. The number of halogens is 2. The van der Waals surface area contributed by atoms with E-state index in [0.717, 1.165) is 5.52 Å². The Morgan fingerprint density at radius 2 is 1.77 bits per heavy atom. The number of ether oxygens (including phenoxy) is 2. The first-order valence-electron chi connectivity index (χ1n) is 6.33. The van der Waals surface area contributed by atoms with Crippen molar-refractivity contribution in [3.8, 4) is 23.3 Å². The summed E-state index contributed by atoms with van der Waals surface area (Å²) < 4.78 is 12.9. The van der Waals surface area contributed by atoms with Crippen LogP contribution in [0.5, 0.6) is 17.2 Å². The molecule has 4 nitrogen and oxygen atoms in total.